The number of Topliss-reactive ketones (excluding diaryl/α,β-unsaturated/α-hetero) is 1. The number of anilines is 1. The number of nitrogens with zero attached hydrogens (tertiary/aromatic N) is 3. The molecule has 1 aromatic carbocycles. The number of allylic oxidation sites excluding steroid dienone is 5. The number of nitrogen functional groups attached to an aromatic ring is 1. The summed E-state index contributed by atoms with van der Waals surface area (Å²) >= 11 is 0. The van der Waals surface area contributed by atoms with Gasteiger partial charge >= 0.3 is 0 Å². The molecule has 1 aliphatic rings. The minimum absolute atomic E-state index is 0.158. The lowest BCUT2D eigenvalue weighted by atomic mass is 9.87. The molecule has 0 bridgehead atoms. The number of ketones is 1. The summed E-state index contributed by atoms with van der Waals surface area (Å²) in [6.07, 6.45) is 9.98. The number of hydrogen-bond donors (Lipinski definition) is 1. The van der Waals surface area contributed by atoms with Crippen LogP contribution in [0.5, 0.6) is 0 Å². The highest BCUT2D eigenvalue weighted by Gasteiger charge is 2.26. The van der Waals surface area contributed by atoms with Gasteiger partial charge in [-0.3, -0.25) is 9.36 Å². The van der Waals surface area contributed by atoms with Crippen LogP contribution in [-0.2, 0) is 6.42 Å². The first-order valence-electron chi connectivity index (χ1n) is 12.0. The molecule has 2 N–H and O–H groups in total. The number of carbonyl (C=O) groups is 1. The van der Waals surface area contributed by atoms with Crippen LogP contribution in [0.1, 0.15) is 62.3 Å². The number of rotatable bonds is 6. The molecule has 0 saturated carbocycles. The normalized spacial score (nSPS) is 15.6. The van der Waals surface area contributed by atoms with E-state index in [1.165, 1.54) is 0 Å². The summed E-state index contributed by atoms with van der Waals surface area (Å²) in [6.45, 7) is 12.0. The number of hydrogen-bond acceptors (Lipinski definition) is 4. The zero-order chi connectivity index (χ0) is 24.7. The first-order chi connectivity index (χ1) is 16.5. The number of pyridine rings is 1. The van der Waals surface area contributed by atoms with Gasteiger partial charge in [0, 0.05) is 23.2 Å². The maximum absolute atomic E-state index is 12.4. The third-order valence-corrected chi connectivity index (χ3v) is 5.61. The highest BCUT2D eigenvalue weighted by molar-refractivity contribution is 5.98. The number of para-hydroxylation sites is 1. The molecule has 0 amide bonds. The van der Waals surface area contributed by atoms with Crippen LogP contribution in [0.4, 0.5) is 5.82 Å². The third kappa shape index (κ3) is 5.09. The van der Waals surface area contributed by atoms with Crippen molar-refractivity contribution in [2.24, 2.45) is 5.92 Å². The number of aromatic nitrogens is 3. The number of imidazole rings is 1. The lowest BCUT2D eigenvalue weighted by Crippen LogP contribution is -2.19. The molecule has 3 aromatic rings. The molecule has 0 aliphatic heterocycles. The Balaban J connectivity index is 0.00000158. The second-order valence-corrected chi connectivity index (χ2v) is 8.14. The smallest absolute Gasteiger partial charge is 0.165 e. The van der Waals surface area contributed by atoms with Crippen molar-refractivity contribution in [3.63, 3.8) is 0 Å². The Kier molecular flexibility index (Phi) is 8.36. The highest BCUT2D eigenvalue weighted by Crippen LogP contribution is 2.33. The lowest BCUT2D eigenvalue weighted by molar-refractivity contribution is 0.0952. The van der Waals surface area contributed by atoms with Crippen molar-refractivity contribution in [1.29, 1.82) is 0 Å². The molecule has 34 heavy (non-hydrogen) atoms. The van der Waals surface area contributed by atoms with E-state index in [2.05, 4.69) is 26.5 Å². The molecule has 0 saturated heterocycles. The van der Waals surface area contributed by atoms with Crippen LogP contribution in [0, 0.1) is 5.92 Å². The van der Waals surface area contributed by atoms with Gasteiger partial charge in [0.1, 0.15) is 17.2 Å². The Hall–Kier alpha value is -3.73. The lowest BCUT2D eigenvalue weighted by Gasteiger charge is -2.20. The number of nitrogens with two attached hydrogens (primary N) is 1. The van der Waals surface area contributed by atoms with Crippen molar-refractivity contribution in [2.45, 2.75) is 47.0 Å². The van der Waals surface area contributed by atoms with Crippen LogP contribution in [0.3, 0.4) is 0 Å². The van der Waals surface area contributed by atoms with Crippen molar-refractivity contribution in [2.75, 3.05) is 5.73 Å². The fourth-order valence-electron chi connectivity index (χ4n) is 4.11. The highest BCUT2D eigenvalue weighted by atomic mass is 16.1. The Labute approximate surface area is 202 Å². The summed E-state index contributed by atoms with van der Waals surface area (Å²) in [7, 11) is 0. The number of fused-ring (bicyclic) bond motifs is 1. The second kappa shape index (κ2) is 11.4. The van der Waals surface area contributed by atoms with Gasteiger partial charge in [-0.2, -0.15) is 0 Å². The van der Waals surface area contributed by atoms with Crippen LogP contribution in [0.2, 0.25) is 0 Å². The van der Waals surface area contributed by atoms with Crippen LogP contribution in [0.25, 0.3) is 22.8 Å². The van der Waals surface area contributed by atoms with Crippen molar-refractivity contribution >= 4 is 17.2 Å². The third-order valence-electron chi connectivity index (χ3n) is 5.61. The van der Waals surface area contributed by atoms with E-state index in [0.717, 1.165) is 35.4 Å². The van der Waals surface area contributed by atoms with E-state index in [1.54, 1.807) is 6.08 Å². The predicted molar refractivity (Wildman–Crippen MR) is 142 cm³/mol. The largest absolute Gasteiger partial charge is 0.383 e. The van der Waals surface area contributed by atoms with E-state index >= 15 is 0 Å². The first-order valence-corrected chi connectivity index (χ1v) is 12.0. The zero-order valence-corrected chi connectivity index (χ0v) is 20.6. The van der Waals surface area contributed by atoms with Gasteiger partial charge < -0.3 is 5.73 Å². The van der Waals surface area contributed by atoms with Crippen LogP contribution in [-0.4, -0.2) is 20.3 Å². The molecule has 5 nitrogen and oxygen atoms in total. The summed E-state index contributed by atoms with van der Waals surface area (Å²) in [5, 5.41) is 0. The number of carbonyl (C=O) groups excluding carboxylic acids is 1. The van der Waals surface area contributed by atoms with Gasteiger partial charge in [-0.25, -0.2) is 9.97 Å². The standard InChI is InChI=1S/C27H28N4O.C2H6/c1-4-6-11-19(10-5-2)25-26(28)31(20-12-8-7-9-13-20)27(30-25)22-15-14-21-23(29-22)16-18(3)17-24(21)32;1-2/h5-15,18H,2,4,16-17,28H2,1,3H3;1-2H3/b11-6-,19-10+;. The van der Waals surface area contributed by atoms with Gasteiger partial charge in [0.05, 0.1) is 5.69 Å². The fraction of sp³-hybridized carbons (Fsp3) is 0.276. The van der Waals surface area contributed by atoms with Gasteiger partial charge in [0.15, 0.2) is 11.6 Å². The fourth-order valence-corrected chi connectivity index (χ4v) is 4.11. The van der Waals surface area contributed by atoms with Gasteiger partial charge in [-0.1, -0.05) is 76.8 Å². The topological polar surface area (TPSA) is 73.8 Å². The van der Waals surface area contributed by atoms with Crippen LogP contribution in [0.15, 0.2) is 73.3 Å². The Morgan fingerprint density at radius 1 is 1.15 bits per heavy atom. The summed E-state index contributed by atoms with van der Waals surface area (Å²) in [5.74, 6) is 1.62. The predicted octanol–water partition coefficient (Wildman–Crippen LogP) is 6.84. The van der Waals surface area contributed by atoms with E-state index in [9.17, 15) is 4.79 Å². The quantitative estimate of drug-likeness (QED) is 0.414. The van der Waals surface area contributed by atoms with Gasteiger partial charge in [0.25, 0.3) is 0 Å². The molecule has 5 heteroatoms. The molecule has 1 unspecified atom stereocenters. The Morgan fingerprint density at radius 3 is 2.56 bits per heavy atom. The molecule has 2 heterocycles. The summed E-state index contributed by atoms with van der Waals surface area (Å²) < 4.78 is 1.93. The first kappa shape index (κ1) is 24.9. The number of benzene rings is 1. The molecule has 4 rings (SSSR count). The average molecular weight is 455 g/mol. The molecule has 1 aliphatic carbocycles. The minimum atomic E-state index is 0.158. The van der Waals surface area contributed by atoms with Crippen molar-refractivity contribution < 1.29 is 4.79 Å². The maximum Gasteiger partial charge on any atom is 0.165 e. The second-order valence-electron chi connectivity index (χ2n) is 8.14. The maximum atomic E-state index is 12.4. The van der Waals surface area contributed by atoms with E-state index in [-0.39, 0.29) is 11.7 Å². The minimum Gasteiger partial charge on any atom is -0.383 e. The van der Waals surface area contributed by atoms with Crippen LogP contribution >= 0.6 is 0 Å². The molecular weight excluding hydrogens is 420 g/mol. The summed E-state index contributed by atoms with van der Waals surface area (Å²) in [6, 6.07) is 13.6. The molecular formula is C29H34N4O. The summed E-state index contributed by atoms with van der Waals surface area (Å²) in [5.41, 5.74) is 11.4. The van der Waals surface area contributed by atoms with E-state index in [4.69, 9.17) is 15.7 Å². The van der Waals surface area contributed by atoms with Crippen molar-refractivity contribution in [3.05, 3.63) is 90.3 Å². The zero-order valence-electron chi connectivity index (χ0n) is 20.6. The Bertz CT molecular complexity index is 1220. The molecule has 176 valence electrons. The van der Waals surface area contributed by atoms with Crippen molar-refractivity contribution in [3.8, 4) is 17.2 Å². The Morgan fingerprint density at radius 2 is 1.88 bits per heavy atom. The van der Waals surface area contributed by atoms with Gasteiger partial charge in [-0.15, -0.1) is 0 Å². The molecule has 2 aromatic heterocycles. The molecule has 0 fully saturated rings. The van der Waals surface area contributed by atoms with Crippen LogP contribution < -0.4 is 5.73 Å². The SMILES string of the molecule is C=C/C=C(\C=C/CC)c1nc(-c2ccc3c(n2)CC(C)CC3=O)n(-c2ccccc2)c1N.CC. The van der Waals surface area contributed by atoms with Gasteiger partial charge in [0.2, 0.25) is 0 Å². The molecule has 0 radical (unpaired) electrons. The average Bonchev–Trinajstić information content (AvgIpc) is 3.20. The van der Waals surface area contributed by atoms with Crippen molar-refractivity contribution in [1.82, 2.24) is 14.5 Å². The molecule has 0 spiro atoms. The van der Waals surface area contributed by atoms with E-state index in [1.807, 2.05) is 73.0 Å². The van der Waals surface area contributed by atoms with E-state index in [0.29, 0.717) is 29.5 Å². The monoisotopic (exact) mass is 454 g/mol. The summed E-state index contributed by atoms with van der Waals surface area (Å²) in [4.78, 5) is 22.3. The van der Waals surface area contributed by atoms with E-state index < -0.39 is 0 Å². The molecule has 1 atom stereocenters. The van der Waals surface area contributed by atoms with Gasteiger partial charge in [-0.05, 0) is 43.0 Å².